The largest absolute Gasteiger partial charge is 0.481 e. The zero-order chi connectivity index (χ0) is 23.4. The molecule has 9 nitrogen and oxygen atoms in total. The van der Waals surface area contributed by atoms with Crippen LogP contribution < -0.4 is 16.4 Å². The number of Topliss-reactive ketones (excluding diaryl/α,β-unsaturated/α-hetero) is 1. The van der Waals surface area contributed by atoms with Crippen LogP contribution in [0.5, 0.6) is 0 Å². The van der Waals surface area contributed by atoms with E-state index >= 15 is 0 Å². The first-order valence-electron chi connectivity index (χ1n) is 10.9. The molecule has 1 heterocycles. The second-order valence-corrected chi connectivity index (χ2v) is 8.39. The van der Waals surface area contributed by atoms with Crippen molar-refractivity contribution >= 4 is 34.5 Å². The number of carboxylic acids is 1. The number of carbonyl (C=O) groups excluding carboxylic acids is 3. The Bertz CT molecular complexity index is 1040. The highest BCUT2D eigenvalue weighted by Gasteiger charge is 2.35. The number of aromatic nitrogens is 1. The summed E-state index contributed by atoms with van der Waals surface area (Å²) in [7, 11) is 1.80. The minimum absolute atomic E-state index is 0.0575. The fourth-order valence-corrected chi connectivity index (χ4v) is 4.35. The lowest BCUT2D eigenvalue weighted by molar-refractivity contribution is -0.142. The maximum Gasteiger partial charge on any atom is 0.308 e. The van der Waals surface area contributed by atoms with Crippen molar-refractivity contribution in [3.63, 3.8) is 0 Å². The molecule has 0 aliphatic heterocycles. The number of rotatable bonds is 9. The number of nitrogens with one attached hydrogen (secondary N) is 2. The van der Waals surface area contributed by atoms with Gasteiger partial charge in [-0.25, -0.2) is 0 Å². The van der Waals surface area contributed by atoms with Crippen molar-refractivity contribution in [1.82, 2.24) is 15.2 Å². The summed E-state index contributed by atoms with van der Waals surface area (Å²) in [4.78, 5) is 49.1. The number of hydrogen-bond acceptors (Lipinski definition) is 5. The number of aliphatic carboxylic acids is 1. The lowest BCUT2D eigenvalue weighted by Gasteiger charge is -2.23. The van der Waals surface area contributed by atoms with E-state index in [0.717, 1.165) is 17.3 Å². The van der Waals surface area contributed by atoms with Gasteiger partial charge in [0.05, 0.1) is 5.92 Å². The molecule has 1 aromatic carbocycles. The zero-order valence-electron chi connectivity index (χ0n) is 18.4. The summed E-state index contributed by atoms with van der Waals surface area (Å²) in [6.45, 7) is 1.86. The van der Waals surface area contributed by atoms with Gasteiger partial charge < -0.3 is 26.0 Å². The summed E-state index contributed by atoms with van der Waals surface area (Å²) in [6.07, 6.45) is 4.47. The second kappa shape index (κ2) is 9.95. The van der Waals surface area contributed by atoms with Gasteiger partial charge in [-0.1, -0.05) is 12.5 Å². The number of nitrogens with zero attached hydrogens (tertiary/aromatic N) is 1. The third kappa shape index (κ3) is 4.99. The number of fused-ring (bicyclic) bond motifs is 1. The summed E-state index contributed by atoms with van der Waals surface area (Å²) in [5.74, 6) is -2.41. The molecule has 0 spiro atoms. The molecule has 5 N–H and O–H groups in total. The number of amides is 2. The van der Waals surface area contributed by atoms with Crippen LogP contribution in [0, 0.1) is 5.92 Å². The Labute approximate surface area is 186 Å². The van der Waals surface area contributed by atoms with Crippen molar-refractivity contribution in [2.24, 2.45) is 18.7 Å². The summed E-state index contributed by atoms with van der Waals surface area (Å²) < 4.78 is 1.79. The van der Waals surface area contributed by atoms with E-state index in [-0.39, 0.29) is 5.78 Å². The highest BCUT2D eigenvalue weighted by molar-refractivity contribution is 6.08. The van der Waals surface area contributed by atoms with Crippen molar-refractivity contribution < 1.29 is 24.3 Å². The summed E-state index contributed by atoms with van der Waals surface area (Å²) in [5.41, 5.74) is 7.28. The Hall–Kier alpha value is -3.20. The molecule has 1 aliphatic rings. The van der Waals surface area contributed by atoms with Gasteiger partial charge in [0.15, 0.2) is 5.78 Å². The third-order valence-electron chi connectivity index (χ3n) is 6.11. The molecule has 0 bridgehead atoms. The topological polar surface area (TPSA) is 144 Å². The van der Waals surface area contributed by atoms with E-state index in [2.05, 4.69) is 10.6 Å². The molecular weight excluding hydrogens is 412 g/mol. The molecule has 2 aromatic rings. The van der Waals surface area contributed by atoms with Gasteiger partial charge in [-0.3, -0.25) is 19.2 Å². The van der Waals surface area contributed by atoms with E-state index in [9.17, 15) is 24.3 Å². The van der Waals surface area contributed by atoms with E-state index in [0.29, 0.717) is 43.4 Å². The van der Waals surface area contributed by atoms with Crippen LogP contribution in [0.3, 0.4) is 0 Å². The average Bonchev–Trinajstić information content (AvgIpc) is 3.35. The Morgan fingerprint density at radius 2 is 2.00 bits per heavy atom. The molecule has 9 heteroatoms. The van der Waals surface area contributed by atoms with Crippen LogP contribution in [-0.4, -0.2) is 51.9 Å². The number of carbonyl (C=O) groups is 4. The first-order valence-corrected chi connectivity index (χ1v) is 10.9. The van der Waals surface area contributed by atoms with Gasteiger partial charge >= 0.3 is 5.97 Å². The molecule has 32 heavy (non-hydrogen) atoms. The van der Waals surface area contributed by atoms with E-state index in [4.69, 9.17) is 5.73 Å². The van der Waals surface area contributed by atoms with Crippen LogP contribution in [0.2, 0.25) is 0 Å². The minimum Gasteiger partial charge on any atom is -0.481 e. The van der Waals surface area contributed by atoms with Gasteiger partial charge in [0.2, 0.25) is 5.91 Å². The highest BCUT2D eigenvalue weighted by Crippen LogP contribution is 2.26. The Kier molecular flexibility index (Phi) is 7.29. The summed E-state index contributed by atoms with van der Waals surface area (Å²) in [5, 5.41) is 15.7. The predicted molar refractivity (Wildman–Crippen MR) is 119 cm³/mol. The first kappa shape index (κ1) is 23.5. The van der Waals surface area contributed by atoms with Crippen molar-refractivity contribution in [1.29, 1.82) is 0 Å². The summed E-state index contributed by atoms with van der Waals surface area (Å²) >= 11 is 0. The van der Waals surface area contributed by atoms with Crippen LogP contribution in [0.4, 0.5) is 0 Å². The molecule has 2 amide bonds. The van der Waals surface area contributed by atoms with Crippen LogP contribution in [0.1, 0.15) is 59.7 Å². The lowest BCUT2D eigenvalue weighted by Crippen LogP contribution is -2.51. The van der Waals surface area contributed by atoms with E-state index < -0.39 is 35.8 Å². The molecular formula is C23H30N4O5. The van der Waals surface area contributed by atoms with E-state index in [1.807, 2.05) is 0 Å². The number of nitrogens with two attached hydrogens (primary N) is 1. The Morgan fingerprint density at radius 1 is 1.25 bits per heavy atom. The van der Waals surface area contributed by atoms with Crippen LogP contribution >= 0.6 is 0 Å². The van der Waals surface area contributed by atoms with Crippen LogP contribution in [0.15, 0.2) is 24.4 Å². The second-order valence-electron chi connectivity index (χ2n) is 8.39. The molecule has 3 unspecified atom stereocenters. The van der Waals surface area contributed by atoms with Crippen molar-refractivity contribution in [2.45, 2.75) is 51.1 Å². The first-order chi connectivity index (χ1) is 15.2. The van der Waals surface area contributed by atoms with Gasteiger partial charge in [-0.2, -0.15) is 0 Å². The van der Waals surface area contributed by atoms with Crippen molar-refractivity contribution in [3.8, 4) is 0 Å². The normalized spacial score (nSPS) is 19.0. The minimum atomic E-state index is -0.920. The molecule has 1 aliphatic carbocycles. The van der Waals surface area contributed by atoms with Crippen molar-refractivity contribution in [2.75, 3.05) is 6.54 Å². The number of benzene rings is 1. The van der Waals surface area contributed by atoms with Crippen LogP contribution in [-0.2, 0) is 16.6 Å². The van der Waals surface area contributed by atoms with Gasteiger partial charge in [-0.15, -0.1) is 0 Å². The smallest absolute Gasteiger partial charge is 0.308 e. The molecule has 0 saturated heterocycles. The fraction of sp³-hybridized carbons (Fsp3) is 0.478. The van der Waals surface area contributed by atoms with Gasteiger partial charge in [0, 0.05) is 41.3 Å². The standard InChI is InChI=1S/C23H30N4O5/c1-13(28)17-12-27(2)20-11-14(8-9-15(17)20)21(29)26-19(7-4-10-24)22(30)25-18-6-3-5-16(18)23(31)32/h8-9,11-12,16,18-19H,3-7,10,24H2,1-2H3,(H,25,30)(H,26,29)(H,31,32). The molecule has 0 radical (unpaired) electrons. The maximum absolute atomic E-state index is 12.9. The zero-order valence-corrected chi connectivity index (χ0v) is 18.4. The summed E-state index contributed by atoms with van der Waals surface area (Å²) in [6, 6.07) is 3.78. The number of aryl methyl sites for hydroxylation is 1. The van der Waals surface area contributed by atoms with Gasteiger partial charge in [0.1, 0.15) is 6.04 Å². The number of ketones is 1. The number of carboxylic acid groups (broad SMARTS) is 1. The molecule has 1 saturated carbocycles. The Morgan fingerprint density at radius 3 is 2.66 bits per heavy atom. The molecule has 1 fully saturated rings. The fourth-order valence-electron chi connectivity index (χ4n) is 4.35. The van der Waals surface area contributed by atoms with E-state index in [1.165, 1.54) is 6.92 Å². The monoisotopic (exact) mass is 442 g/mol. The number of hydrogen-bond donors (Lipinski definition) is 4. The lowest BCUT2D eigenvalue weighted by atomic mass is 10.0. The van der Waals surface area contributed by atoms with Gasteiger partial charge in [-0.05, 0) is 51.3 Å². The van der Waals surface area contributed by atoms with Gasteiger partial charge in [0.25, 0.3) is 5.91 Å². The molecule has 172 valence electrons. The highest BCUT2D eigenvalue weighted by atomic mass is 16.4. The SMILES string of the molecule is CC(=O)c1cn(C)c2cc(C(=O)NC(CCCN)C(=O)NC3CCCC3C(=O)O)ccc12. The molecule has 1 aromatic heterocycles. The van der Waals surface area contributed by atoms with E-state index in [1.54, 1.807) is 36.0 Å². The van der Waals surface area contributed by atoms with Crippen molar-refractivity contribution in [3.05, 3.63) is 35.5 Å². The Balaban J connectivity index is 1.77. The van der Waals surface area contributed by atoms with Crippen LogP contribution in [0.25, 0.3) is 10.9 Å². The maximum atomic E-state index is 12.9. The molecule has 3 rings (SSSR count). The molecule has 3 atom stereocenters. The third-order valence-corrected chi connectivity index (χ3v) is 6.11. The predicted octanol–water partition coefficient (Wildman–Crippen LogP) is 1.59. The quantitative estimate of drug-likeness (QED) is 0.434. The average molecular weight is 443 g/mol.